The van der Waals surface area contributed by atoms with E-state index in [1.165, 1.54) is 19.1 Å². The lowest BCUT2D eigenvalue weighted by Gasteiger charge is -2.15. The Kier molecular flexibility index (Phi) is 5.84. The second-order valence-electron chi connectivity index (χ2n) is 6.21. The van der Waals surface area contributed by atoms with Gasteiger partial charge >= 0.3 is 0 Å². The standard InChI is InChI=1S/C20H19ClN2O5/c1-27-16-10-15(17(28-2)9-14(16)21)22-20(26)13-5-3-12(4-6-13)11-23-18(24)7-8-19(23)25/h3-6,9-10H,7-8,11H2,1-2H3,(H,22,26). The van der Waals surface area contributed by atoms with E-state index in [0.29, 0.717) is 27.8 Å². The summed E-state index contributed by atoms with van der Waals surface area (Å²) in [5.41, 5.74) is 1.61. The van der Waals surface area contributed by atoms with Crippen molar-refractivity contribution >= 4 is 35.0 Å². The van der Waals surface area contributed by atoms with Crippen LogP contribution in [-0.4, -0.2) is 36.8 Å². The monoisotopic (exact) mass is 402 g/mol. The van der Waals surface area contributed by atoms with E-state index < -0.39 is 0 Å². The number of likely N-dealkylation sites (tertiary alicyclic amines) is 1. The first-order chi connectivity index (χ1) is 13.4. The van der Waals surface area contributed by atoms with Crippen LogP contribution in [0.3, 0.4) is 0 Å². The average molecular weight is 403 g/mol. The average Bonchev–Trinajstić information content (AvgIpc) is 3.01. The molecule has 0 radical (unpaired) electrons. The molecule has 0 atom stereocenters. The zero-order valence-corrected chi connectivity index (χ0v) is 16.2. The predicted octanol–water partition coefficient (Wildman–Crippen LogP) is 3.26. The first kappa shape index (κ1) is 19.7. The Morgan fingerprint density at radius 1 is 1.04 bits per heavy atom. The first-order valence-corrected chi connectivity index (χ1v) is 8.95. The fourth-order valence-electron chi connectivity index (χ4n) is 2.90. The molecular formula is C20H19ClN2O5. The van der Waals surface area contributed by atoms with Crippen molar-refractivity contribution in [2.75, 3.05) is 19.5 Å². The molecule has 0 aromatic heterocycles. The largest absolute Gasteiger partial charge is 0.495 e. The minimum Gasteiger partial charge on any atom is -0.495 e. The highest BCUT2D eigenvalue weighted by Gasteiger charge is 2.28. The summed E-state index contributed by atoms with van der Waals surface area (Å²) in [6.45, 7) is 0.210. The molecule has 1 aliphatic rings. The molecule has 0 saturated carbocycles. The fourth-order valence-corrected chi connectivity index (χ4v) is 3.13. The Morgan fingerprint density at radius 2 is 1.64 bits per heavy atom. The molecule has 28 heavy (non-hydrogen) atoms. The van der Waals surface area contributed by atoms with E-state index in [4.69, 9.17) is 21.1 Å². The topological polar surface area (TPSA) is 84.9 Å². The number of carbonyl (C=O) groups is 3. The van der Waals surface area contributed by atoms with Crippen LogP contribution in [0.15, 0.2) is 36.4 Å². The lowest BCUT2D eigenvalue weighted by Crippen LogP contribution is -2.28. The van der Waals surface area contributed by atoms with Crippen LogP contribution in [0.5, 0.6) is 11.5 Å². The molecule has 0 bridgehead atoms. The number of rotatable bonds is 6. The van der Waals surface area contributed by atoms with Gasteiger partial charge < -0.3 is 14.8 Å². The minimum absolute atomic E-state index is 0.171. The van der Waals surface area contributed by atoms with Crippen LogP contribution in [0.25, 0.3) is 0 Å². The Balaban J connectivity index is 1.73. The zero-order valence-electron chi connectivity index (χ0n) is 15.5. The molecule has 146 valence electrons. The number of nitrogens with one attached hydrogen (secondary N) is 1. The minimum atomic E-state index is -0.345. The quantitative estimate of drug-likeness (QED) is 0.749. The van der Waals surface area contributed by atoms with Gasteiger partial charge in [-0.1, -0.05) is 23.7 Å². The van der Waals surface area contributed by atoms with E-state index in [1.807, 2.05) is 0 Å². The summed E-state index contributed by atoms with van der Waals surface area (Å²) in [4.78, 5) is 37.2. The van der Waals surface area contributed by atoms with Crippen molar-refractivity contribution < 1.29 is 23.9 Å². The number of halogens is 1. The van der Waals surface area contributed by atoms with Gasteiger partial charge in [-0.05, 0) is 17.7 Å². The Hall–Kier alpha value is -3.06. The Bertz CT molecular complexity index is 911. The van der Waals surface area contributed by atoms with Crippen LogP contribution in [-0.2, 0) is 16.1 Å². The van der Waals surface area contributed by atoms with Crippen LogP contribution in [0.2, 0.25) is 5.02 Å². The number of nitrogens with zero attached hydrogens (tertiary/aromatic N) is 1. The molecule has 8 heteroatoms. The maximum Gasteiger partial charge on any atom is 0.255 e. The van der Waals surface area contributed by atoms with Gasteiger partial charge in [-0.3, -0.25) is 19.3 Å². The Morgan fingerprint density at radius 3 is 2.21 bits per heavy atom. The normalized spacial score (nSPS) is 13.6. The lowest BCUT2D eigenvalue weighted by atomic mass is 10.1. The molecule has 2 aromatic rings. The van der Waals surface area contributed by atoms with Gasteiger partial charge in [0.25, 0.3) is 5.91 Å². The third-order valence-electron chi connectivity index (χ3n) is 4.43. The number of benzene rings is 2. The third-order valence-corrected chi connectivity index (χ3v) is 4.73. The molecule has 2 aromatic carbocycles. The van der Waals surface area contributed by atoms with Crippen LogP contribution in [0.1, 0.15) is 28.8 Å². The highest BCUT2D eigenvalue weighted by molar-refractivity contribution is 6.32. The van der Waals surface area contributed by atoms with Gasteiger partial charge in [0.2, 0.25) is 11.8 Å². The Labute approximate surface area is 167 Å². The van der Waals surface area contributed by atoms with Gasteiger partial charge in [-0.2, -0.15) is 0 Å². The van der Waals surface area contributed by atoms with Gasteiger partial charge in [0.1, 0.15) is 11.5 Å². The summed E-state index contributed by atoms with van der Waals surface area (Å²) < 4.78 is 10.4. The molecule has 0 aliphatic carbocycles. The molecule has 7 nitrogen and oxygen atoms in total. The molecule has 1 fully saturated rings. The van der Waals surface area contributed by atoms with Crippen molar-refractivity contribution in [3.8, 4) is 11.5 Å². The number of hydrogen-bond acceptors (Lipinski definition) is 5. The van der Waals surface area contributed by atoms with Gasteiger partial charge in [-0.15, -0.1) is 0 Å². The van der Waals surface area contributed by atoms with Crippen molar-refractivity contribution in [1.82, 2.24) is 4.90 Å². The molecule has 0 unspecified atom stereocenters. The number of ether oxygens (including phenoxy) is 2. The first-order valence-electron chi connectivity index (χ1n) is 8.58. The molecule has 1 N–H and O–H groups in total. The molecular weight excluding hydrogens is 384 g/mol. The van der Waals surface area contributed by atoms with E-state index in [2.05, 4.69) is 5.32 Å². The van der Waals surface area contributed by atoms with E-state index in [0.717, 1.165) is 5.56 Å². The molecule has 1 heterocycles. The number of methoxy groups -OCH3 is 2. The maximum atomic E-state index is 12.6. The van der Waals surface area contributed by atoms with Crippen LogP contribution in [0, 0.1) is 0 Å². The second kappa shape index (κ2) is 8.31. The molecule has 1 aliphatic heterocycles. The van der Waals surface area contributed by atoms with Crippen molar-refractivity contribution in [1.29, 1.82) is 0 Å². The molecule has 3 rings (SSSR count). The summed E-state index contributed by atoms with van der Waals surface area (Å²) in [7, 11) is 2.96. The predicted molar refractivity (Wildman–Crippen MR) is 104 cm³/mol. The van der Waals surface area contributed by atoms with Crippen molar-refractivity contribution in [3.05, 3.63) is 52.5 Å². The SMILES string of the molecule is COc1cc(NC(=O)c2ccc(CN3C(=O)CCC3=O)cc2)c(OC)cc1Cl. The number of carbonyl (C=O) groups excluding carboxylic acids is 3. The van der Waals surface area contributed by atoms with Gasteiger partial charge in [-0.25, -0.2) is 0 Å². The highest BCUT2D eigenvalue weighted by atomic mass is 35.5. The summed E-state index contributed by atoms with van der Waals surface area (Å²) in [5, 5.41) is 3.13. The van der Waals surface area contributed by atoms with Gasteiger partial charge in [0.15, 0.2) is 0 Å². The maximum absolute atomic E-state index is 12.6. The number of imide groups is 1. The smallest absolute Gasteiger partial charge is 0.255 e. The molecule has 1 saturated heterocycles. The third kappa shape index (κ3) is 4.09. The van der Waals surface area contributed by atoms with Crippen LogP contribution < -0.4 is 14.8 Å². The number of amides is 3. The van der Waals surface area contributed by atoms with E-state index in [9.17, 15) is 14.4 Å². The summed E-state index contributed by atoms with van der Waals surface area (Å²) >= 11 is 6.07. The van der Waals surface area contributed by atoms with Crippen LogP contribution >= 0.6 is 11.6 Å². The summed E-state index contributed by atoms with van der Waals surface area (Å²) in [5.74, 6) is 0.128. The zero-order chi connectivity index (χ0) is 20.3. The fraction of sp³-hybridized carbons (Fsp3) is 0.250. The summed E-state index contributed by atoms with van der Waals surface area (Å²) in [6, 6.07) is 9.84. The van der Waals surface area contributed by atoms with Crippen molar-refractivity contribution in [3.63, 3.8) is 0 Å². The lowest BCUT2D eigenvalue weighted by molar-refractivity contribution is -0.139. The number of hydrogen-bond donors (Lipinski definition) is 1. The molecule has 3 amide bonds. The second-order valence-corrected chi connectivity index (χ2v) is 6.62. The van der Waals surface area contributed by atoms with Crippen molar-refractivity contribution in [2.24, 2.45) is 0 Å². The molecule has 0 spiro atoms. The van der Waals surface area contributed by atoms with Gasteiger partial charge in [0.05, 0.1) is 31.5 Å². The van der Waals surface area contributed by atoms with E-state index >= 15 is 0 Å². The summed E-state index contributed by atoms with van der Waals surface area (Å²) in [6.07, 6.45) is 0.511. The van der Waals surface area contributed by atoms with E-state index in [-0.39, 0.29) is 37.1 Å². The number of anilines is 1. The van der Waals surface area contributed by atoms with Gasteiger partial charge in [0, 0.05) is 30.5 Å². The van der Waals surface area contributed by atoms with Crippen molar-refractivity contribution in [2.45, 2.75) is 19.4 Å². The van der Waals surface area contributed by atoms with E-state index in [1.54, 1.807) is 36.4 Å². The van der Waals surface area contributed by atoms with Crippen LogP contribution in [0.4, 0.5) is 5.69 Å². The highest BCUT2D eigenvalue weighted by Crippen LogP contribution is 2.36.